The Balaban J connectivity index is 2.82. The molecule has 12 heavy (non-hydrogen) atoms. The smallest absolute Gasteiger partial charge is 0.0817 e. The summed E-state index contributed by atoms with van der Waals surface area (Å²) in [6, 6.07) is 0. The predicted molar refractivity (Wildman–Crippen MR) is 51.8 cm³/mol. The Morgan fingerprint density at radius 1 is 1.75 bits per heavy atom. The molecule has 1 rings (SSSR count). The van der Waals surface area contributed by atoms with Crippen molar-refractivity contribution in [3.63, 3.8) is 0 Å². The van der Waals surface area contributed by atoms with Crippen LogP contribution in [-0.2, 0) is 0 Å². The summed E-state index contributed by atoms with van der Waals surface area (Å²) in [6.07, 6.45) is 8.30. The highest BCUT2D eigenvalue weighted by Gasteiger charge is 2.29. The SMILES string of the molecule is C=CCC1(C)C=CC(C)=CC1O. The van der Waals surface area contributed by atoms with Crippen molar-refractivity contribution < 1.29 is 5.11 Å². The molecule has 1 heteroatoms. The summed E-state index contributed by atoms with van der Waals surface area (Å²) < 4.78 is 0. The number of aliphatic hydroxyl groups excluding tert-OH is 1. The molecule has 1 N–H and O–H groups in total. The molecule has 0 spiro atoms. The molecule has 1 aliphatic carbocycles. The van der Waals surface area contributed by atoms with Crippen LogP contribution in [0.4, 0.5) is 0 Å². The summed E-state index contributed by atoms with van der Waals surface area (Å²) in [5.41, 5.74) is 0.977. The van der Waals surface area contributed by atoms with Gasteiger partial charge in [-0.25, -0.2) is 0 Å². The Hall–Kier alpha value is -0.820. The van der Waals surface area contributed by atoms with Gasteiger partial charge in [0.1, 0.15) is 0 Å². The average molecular weight is 164 g/mol. The van der Waals surface area contributed by atoms with Gasteiger partial charge in [0.2, 0.25) is 0 Å². The van der Waals surface area contributed by atoms with Crippen molar-refractivity contribution in [2.45, 2.75) is 26.4 Å². The Morgan fingerprint density at radius 3 is 2.92 bits per heavy atom. The van der Waals surface area contributed by atoms with Gasteiger partial charge in [-0.15, -0.1) is 6.58 Å². The lowest BCUT2D eigenvalue weighted by Gasteiger charge is -2.31. The van der Waals surface area contributed by atoms with E-state index in [0.717, 1.165) is 12.0 Å². The molecule has 0 aromatic heterocycles. The minimum absolute atomic E-state index is 0.152. The first-order valence-electron chi connectivity index (χ1n) is 4.25. The van der Waals surface area contributed by atoms with Crippen molar-refractivity contribution in [2.75, 3.05) is 0 Å². The van der Waals surface area contributed by atoms with E-state index in [-0.39, 0.29) is 11.5 Å². The molecule has 2 atom stereocenters. The monoisotopic (exact) mass is 164 g/mol. The largest absolute Gasteiger partial charge is 0.388 e. The lowest BCUT2D eigenvalue weighted by Crippen LogP contribution is -2.30. The highest BCUT2D eigenvalue weighted by atomic mass is 16.3. The van der Waals surface area contributed by atoms with Crippen molar-refractivity contribution in [2.24, 2.45) is 5.41 Å². The molecule has 0 saturated carbocycles. The molecule has 0 radical (unpaired) electrons. The molecule has 0 aliphatic heterocycles. The molecule has 2 unspecified atom stereocenters. The van der Waals surface area contributed by atoms with E-state index < -0.39 is 0 Å². The zero-order valence-corrected chi connectivity index (χ0v) is 7.75. The number of hydrogen-bond donors (Lipinski definition) is 1. The fourth-order valence-electron chi connectivity index (χ4n) is 1.42. The van der Waals surface area contributed by atoms with Crippen LogP contribution in [0.1, 0.15) is 20.3 Å². The van der Waals surface area contributed by atoms with Crippen LogP contribution < -0.4 is 0 Å². The summed E-state index contributed by atoms with van der Waals surface area (Å²) in [7, 11) is 0. The first kappa shape index (κ1) is 9.27. The average Bonchev–Trinajstić information content (AvgIpc) is 1.99. The molecular weight excluding hydrogens is 148 g/mol. The second-order valence-electron chi connectivity index (χ2n) is 3.69. The van der Waals surface area contributed by atoms with E-state index in [1.165, 1.54) is 0 Å². The van der Waals surface area contributed by atoms with Crippen molar-refractivity contribution in [1.82, 2.24) is 0 Å². The Kier molecular flexibility index (Phi) is 2.53. The Morgan fingerprint density at radius 2 is 2.42 bits per heavy atom. The van der Waals surface area contributed by atoms with Gasteiger partial charge in [0.05, 0.1) is 6.10 Å². The highest BCUT2D eigenvalue weighted by Crippen LogP contribution is 2.33. The van der Waals surface area contributed by atoms with Gasteiger partial charge in [0, 0.05) is 5.41 Å². The van der Waals surface area contributed by atoms with E-state index in [2.05, 4.69) is 18.7 Å². The van der Waals surface area contributed by atoms with E-state index in [1.807, 2.05) is 26.0 Å². The minimum atomic E-state index is -0.375. The summed E-state index contributed by atoms with van der Waals surface area (Å²) in [5.74, 6) is 0. The van der Waals surface area contributed by atoms with Gasteiger partial charge in [-0.1, -0.05) is 36.8 Å². The quantitative estimate of drug-likeness (QED) is 0.621. The summed E-state index contributed by atoms with van der Waals surface area (Å²) in [4.78, 5) is 0. The second kappa shape index (κ2) is 3.28. The normalized spacial score (nSPS) is 34.6. The fraction of sp³-hybridized carbons (Fsp3) is 0.455. The van der Waals surface area contributed by atoms with Gasteiger partial charge >= 0.3 is 0 Å². The lowest BCUT2D eigenvalue weighted by atomic mass is 9.77. The topological polar surface area (TPSA) is 20.2 Å². The van der Waals surface area contributed by atoms with Crippen LogP contribution in [0.15, 0.2) is 36.5 Å². The van der Waals surface area contributed by atoms with Gasteiger partial charge in [-0.05, 0) is 13.3 Å². The van der Waals surface area contributed by atoms with Gasteiger partial charge in [-0.2, -0.15) is 0 Å². The molecule has 0 heterocycles. The number of aliphatic hydroxyl groups is 1. The Labute approximate surface area is 74.1 Å². The van der Waals surface area contributed by atoms with E-state index >= 15 is 0 Å². The molecule has 66 valence electrons. The first-order valence-corrected chi connectivity index (χ1v) is 4.25. The zero-order valence-electron chi connectivity index (χ0n) is 7.75. The summed E-state index contributed by atoms with van der Waals surface area (Å²) >= 11 is 0. The van der Waals surface area contributed by atoms with Crippen LogP contribution in [0.2, 0.25) is 0 Å². The number of allylic oxidation sites excluding steroid dienone is 3. The number of rotatable bonds is 2. The van der Waals surface area contributed by atoms with Crippen LogP contribution in [0.25, 0.3) is 0 Å². The number of hydrogen-bond acceptors (Lipinski definition) is 1. The van der Waals surface area contributed by atoms with Crippen LogP contribution in [-0.4, -0.2) is 11.2 Å². The standard InChI is InChI=1S/C11H16O/c1-4-6-11(3)7-5-9(2)8-10(11)12/h4-5,7-8,10,12H,1,6H2,2-3H3. The molecule has 0 amide bonds. The van der Waals surface area contributed by atoms with E-state index in [9.17, 15) is 5.11 Å². The van der Waals surface area contributed by atoms with Crippen LogP contribution in [0.5, 0.6) is 0 Å². The van der Waals surface area contributed by atoms with Crippen molar-refractivity contribution in [1.29, 1.82) is 0 Å². The molecule has 0 bridgehead atoms. The summed E-state index contributed by atoms with van der Waals surface area (Å²) in [6.45, 7) is 7.72. The van der Waals surface area contributed by atoms with Crippen molar-refractivity contribution in [3.8, 4) is 0 Å². The van der Waals surface area contributed by atoms with E-state index in [0.29, 0.717) is 0 Å². The molecule has 0 aromatic rings. The van der Waals surface area contributed by atoms with Gasteiger partial charge in [-0.3, -0.25) is 0 Å². The first-order chi connectivity index (χ1) is 5.58. The predicted octanol–water partition coefficient (Wildman–Crippen LogP) is 2.45. The van der Waals surface area contributed by atoms with E-state index in [1.54, 1.807) is 0 Å². The van der Waals surface area contributed by atoms with Gasteiger partial charge in [0.25, 0.3) is 0 Å². The van der Waals surface area contributed by atoms with E-state index in [4.69, 9.17) is 0 Å². The molecule has 0 saturated heterocycles. The van der Waals surface area contributed by atoms with Crippen LogP contribution in [0.3, 0.4) is 0 Å². The fourth-order valence-corrected chi connectivity index (χ4v) is 1.42. The maximum Gasteiger partial charge on any atom is 0.0817 e. The zero-order chi connectivity index (χ0) is 9.19. The molecule has 1 aliphatic rings. The highest BCUT2D eigenvalue weighted by molar-refractivity contribution is 5.28. The molecule has 0 fully saturated rings. The third-order valence-corrected chi connectivity index (χ3v) is 2.41. The third kappa shape index (κ3) is 1.67. The molecule has 0 aromatic carbocycles. The maximum absolute atomic E-state index is 9.75. The third-order valence-electron chi connectivity index (χ3n) is 2.41. The Bertz CT molecular complexity index is 237. The minimum Gasteiger partial charge on any atom is -0.388 e. The van der Waals surface area contributed by atoms with Crippen LogP contribution >= 0.6 is 0 Å². The van der Waals surface area contributed by atoms with Gasteiger partial charge < -0.3 is 5.11 Å². The van der Waals surface area contributed by atoms with Gasteiger partial charge in [0.15, 0.2) is 0 Å². The maximum atomic E-state index is 9.75. The van der Waals surface area contributed by atoms with Crippen LogP contribution in [0, 0.1) is 5.41 Å². The molecular formula is C11H16O. The second-order valence-corrected chi connectivity index (χ2v) is 3.69. The molecule has 1 nitrogen and oxygen atoms in total. The summed E-state index contributed by atoms with van der Waals surface area (Å²) in [5, 5.41) is 9.75. The van der Waals surface area contributed by atoms with Crippen molar-refractivity contribution >= 4 is 0 Å². The van der Waals surface area contributed by atoms with Crippen molar-refractivity contribution in [3.05, 3.63) is 36.5 Å². The lowest BCUT2D eigenvalue weighted by molar-refractivity contribution is 0.112.